The van der Waals surface area contributed by atoms with Crippen molar-refractivity contribution in [1.82, 2.24) is 9.97 Å². The second-order valence-electron chi connectivity index (χ2n) is 3.76. The third kappa shape index (κ3) is 3.11. The van der Waals surface area contributed by atoms with Crippen LogP contribution in [0.5, 0.6) is 0 Å². The predicted octanol–water partition coefficient (Wildman–Crippen LogP) is 2.36. The summed E-state index contributed by atoms with van der Waals surface area (Å²) in [6.45, 7) is 0. The van der Waals surface area contributed by atoms with Crippen LogP contribution in [0.15, 0.2) is 24.5 Å². The van der Waals surface area contributed by atoms with Crippen molar-refractivity contribution < 1.29 is 23.5 Å². The molecule has 0 atom stereocenters. The van der Waals surface area contributed by atoms with E-state index in [2.05, 4.69) is 15.3 Å². The Hall–Kier alpha value is -2.61. The number of aromatic nitrogens is 2. The molecular weight excluding hydrogens is 308 g/mol. The Balaban J connectivity index is 2.35. The van der Waals surface area contributed by atoms with Crippen molar-refractivity contribution in [3.05, 3.63) is 52.4 Å². The first-order valence-corrected chi connectivity index (χ1v) is 5.78. The number of carboxylic acids is 1. The molecule has 2 rings (SSSR count). The second-order valence-corrected chi connectivity index (χ2v) is 4.17. The summed E-state index contributed by atoms with van der Waals surface area (Å²) in [5, 5.41) is 10.7. The normalized spacial score (nSPS) is 10.2. The lowest BCUT2D eigenvalue weighted by Crippen LogP contribution is -2.17. The average Bonchev–Trinajstić information content (AvgIpc) is 2.43. The van der Waals surface area contributed by atoms with Crippen LogP contribution in [-0.4, -0.2) is 27.0 Å². The van der Waals surface area contributed by atoms with Gasteiger partial charge in [0.15, 0.2) is 23.1 Å². The molecule has 2 aromatic rings. The first kappa shape index (κ1) is 14.8. The zero-order valence-corrected chi connectivity index (χ0v) is 10.9. The van der Waals surface area contributed by atoms with E-state index in [1.807, 2.05) is 0 Å². The number of nitrogens with one attached hydrogen (secondary N) is 1. The lowest BCUT2D eigenvalue weighted by Gasteiger charge is -2.08. The molecule has 9 heteroatoms. The fourth-order valence-electron chi connectivity index (χ4n) is 1.46. The molecule has 1 amide bonds. The first-order chi connectivity index (χ1) is 9.90. The van der Waals surface area contributed by atoms with Crippen LogP contribution in [0.4, 0.5) is 14.6 Å². The summed E-state index contributed by atoms with van der Waals surface area (Å²) in [4.78, 5) is 30.0. The fraction of sp³-hybridized carbons (Fsp3) is 0. The van der Waals surface area contributed by atoms with Gasteiger partial charge in [0.2, 0.25) is 0 Å². The SMILES string of the molecule is O=C(Nc1nccnc1C(=O)O)c1cc(F)c(F)cc1Cl. The van der Waals surface area contributed by atoms with E-state index in [4.69, 9.17) is 16.7 Å². The highest BCUT2D eigenvalue weighted by atomic mass is 35.5. The molecule has 0 spiro atoms. The Kier molecular flexibility index (Phi) is 4.08. The van der Waals surface area contributed by atoms with Crippen LogP contribution in [0.3, 0.4) is 0 Å². The summed E-state index contributed by atoms with van der Waals surface area (Å²) in [6, 6.07) is 1.24. The van der Waals surface area contributed by atoms with Gasteiger partial charge in [0.05, 0.1) is 10.6 Å². The molecule has 0 saturated heterocycles. The molecule has 0 saturated carbocycles. The number of carbonyl (C=O) groups excluding carboxylic acids is 1. The van der Waals surface area contributed by atoms with Crippen LogP contribution < -0.4 is 5.32 Å². The summed E-state index contributed by atoms with van der Waals surface area (Å²) >= 11 is 5.65. The third-order valence-corrected chi connectivity index (χ3v) is 2.70. The lowest BCUT2D eigenvalue weighted by atomic mass is 10.2. The number of benzene rings is 1. The molecule has 6 nitrogen and oxygen atoms in total. The van der Waals surface area contributed by atoms with Crippen molar-refractivity contribution in [2.75, 3.05) is 5.32 Å². The van der Waals surface area contributed by atoms with Gasteiger partial charge in [-0.3, -0.25) is 4.79 Å². The number of aromatic carboxylic acids is 1. The smallest absolute Gasteiger partial charge is 0.358 e. The van der Waals surface area contributed by atoms with Gasteiger partial charge in [-0.2, -0.15) is 0 Å². The van der Waals surface area contributed by atoms with Crippen molar-refractivity contribution in [3.63, 3.8) is 0 Å². The van der Waals surface area contributed by atoms with Gasteiger partial charge in [-0.15, -0.1) is 0 Å². The van der Waals surface area contributed by atoms with Crippen molar-refractivity contribution >= 4 is 29.3 Å². The Morgan fingerprint density at radius 2 is 1.76 bits per heavy atom. The van der Waals surface area contributed by atoms with Gasteiger partial charge in [-0.25, -0.2) is 23.5 Å². The van der Waals surface area contributed by atoms with Gasteiger partial charge in [0.1, 0.15) is 0 Å². The number of amides is 1. The predicted molar refractivity (Wildman–Crippen MR) is 68.3 cm³/mol. The molecule has 0 aliphatic carbocycles. The number of carboxylic acid groups (broad SMARTS) is 1. The molecule has 0 fully saturated rings. The minimum Gasteiger partial charge on any atom is -0.476 e. The van der Waals surface area contributed by atoms with E-state index in [1.54, 1.807) is 0 Å². The van der Waals surface area contributed by atoms with Crippen LogP contribution in [0.1, 0.15) is 20.8 Å². The second kappa shape index (κ2) is 5.80. The van der Waals surface area contributed by atoms with Crippen molar-refractivity contribution in [3.8, 4) is 0 Å². The van der Waals surface area contributed by atoms with Gasteiger partial charge in [-0.05, 0) is 12.1 Å². The Labute approximate surface area is 121 Å². The van der Waals surface area contributed by atoms with E-state index in [-0.39, 0.29) is 16.4 Å². The van der Waals surface area contributed by atoms with Crippen molar-refractivity contribution in [1.29, 1.82) is 0 Å². The van der Waals surface area contributed by atoms with Crippen molar-refractivity contribution in [2.45, 2.75) is 0 Å². The topological polar surface area (TPSA) is 92.2 Å². The molecule has 0 aliphatic heterocycles. The van der Waals surface area contributed by atoms with Gasteiger partial charge >= 0.3 is 5.97 Å². The number of halogens is 3. The Morgan fingerprint density at radius 3 is 2.43 bits per heavy atom. The van der Waals surface area contributed by atoms with Gasteiger partial charge in [-0.1, -0.05) is 11.6 Å². The van der Waals surface area contributed by atoms with Crippen LogP contribution >= 0.6 is 11.6 Å². The molecule has 108 valence electrons. The number of anilines is 1. The fourth-order valence-corrected chi connectivity index (χ4v) is 1.69. The number of hydrogen-bond donors (Lipinski definition) is 2. The molecular formula is C12H6ClF2N3O3. The van der Waals surface area contributed by atoms with Crippen LogP contribution in [0.2, 0.25) is 5.02 Å². The molecule has 0 radical (unpaired) electrons. The largest absolute Gasteiger partial charge is 0.476 e. The Bertz CT molecular complexity index is 740. The summed E-state index contributed by atoms with van der Waals surface area (Å²) in [6.07, 6.45) is 2.29. The first-order valence-electron chi connectivity index (χ1n) is 5.40. The average molecular weight is 314 g/mol. The zero-order chi connectivity index (χ0) is 15.6. The minimum atomic E-state index is -1.41. The maximum absolute atomic E-state index is 13.1. The minimum absolute atomic E-state index is 0.327. The molecule has 1 heterocycles. The number of nitrogens with zero attached hydrogens (tertiary/aromatic N) is 2. The van der Waals surface area contributed by atoms with E-state index < -0.39 is 29.2 Å². The zero-order valence-electron chi connectivity index (χ0n) is 10.1. The van der Waals surface area contributed by atoms with E-state index in [0.29, 0.717) is 12.1 Å². The summed E-state index contributed by atoms with van der Waals surface area (Å²) in [5.74, 6) is -5.16. The number of hydrogen-bond acceptors (Lipinski definition) is 4. The maximum Gasteiger partial charge on any atom is 0.358 e. The standard InChI is InChI=1S/C12H6ClF2N3O3/c13-6-4-8(15)7(14)3-5(6)11(19)18-10-9(12(20)21)16-1-2-17-10/h1-4H,(H,20,21)(H,17,18,19). The van der Waals surface area contributed by atoms with Crippen molar-refractivity contribution in [2.24, 2.45) is 0 Å². The highest BCUT2D eigenvalue weighted by Gasteiger charge is 2.19. The third-order valence-electron chi connectivity index (χ3n) is 2.39. The van der Waals surface area contributed by atoms with E-state index in [1.165, 1.54) is 0 Å². The lowest BCUT2D eigenvalue weighted by molar-refractivity contribution is 0.0691. The van der Waals surface area contributed by atoms with Crippen LogP contribution in [0, 0.1) is 11.6 Å². The Morgan fingerprint density at radius 1 is 1.14 bits per heavy atom. The summed E-state index contributed by atoms with van der Waals surface area (Å²) < 4.78 is 26.1. The molecule has 21 heavy (non-hydrogen) atoms. The molecule has 0 unspecified atom stereocenters. The van der Waals surface area contributed by atoms with Crippen LogP contribution in [-0.2, 0) is 0 Å². The maximum atomic E-state index is 13.1. The molecule has 0 bridgehead atoms. The summed E-state index contributed by atoms with van der Waals surface area (Å²) in [7, 11) is 0. The molecule has 0 aliphatic rings. The number of carbonyl (C=O) groups is 2. The van der Waals surface area contributed by atoms with E-state index in [9.17, 15) is 18.4 Å². The molecule has 2 N–H and O–H groups in total. The van der Waals surface area contributed by atoms with Gasteiger partial charge in [0, 0.05) is 12.4 Å². The van der Waals surface area contributed by atoms with E-state index >= 15 is 0 Å². The van der Waals surface area contributed by atoms with Gasteiger partial charge < -0.3 is 10.4 Å². The monoisotopic (exact) mass is 313 g/mol. The molecule has 1 aromatic carbocycles. The quantitative estimate of drug-likeness (QED) is 0.849. The summed E-state index contributed by atoms with van der Waals surface area (Å²) in [5.41, 5.74) is -0.859. The number of rotatable bonds is 3. The highest BCUT2D eigenvalue weighted by Crippen LogP contribution is 2.21. The van der Waals surface area contributed by atoms with E-state index in [0.717, 1.165) is 12.4 Å². The van der Waals surface area contributed by atoms with Gasteiger partial charge in [0.25, 0.3) is 5.91 Å². The highest BCUT2D eigenvalue weighted by molar-refractivity contribution is 6.34. The molecule has 1 aromatic heterocycles. The van der Waals surface area contributed by atoms with Crippen LogP contribution in [0.25, 0.3) is 0 Å².